The fourth-order valence-electron chi connectivity index (χ4n) is 2.83. The highest BCUT2D eigenvalue weighted by Gasteiger charge is 2.34. The SMILES string of the molecule is O=C1c2ccccc2C(=O)c2c([N+]#COc3ccccc3)cccc21. The minimum absolute atomic E-state index is 0.175. The molecule has 0 amide bonds. The van der Waals surface area contributed by atoms with Crippen LogP contribution in [-0.2, 0) is 0 Å². The van der Waals surface area contributed by atoms with Crippen molar-refractivity contribution in [2.45, 2.75) is 0 Å². The van der Waals surface area contributed by atoms with Gasteiger partial charge in [-0.15, -0.1) is 0 Å². The van der Waals surface area contributed by atoms with Gasteiger partial charge in [0, 0.05) is 27.6 Å². The van der Waals surface area contributed by atoms with Crippen LogP contribution >= 0.6 is 0 Å². The van der Waals surface area contributed by atoms with Crippen molar-refractivity contribution in [2.24, 2.45) is 0 Å². The summed E-state index contributed by atoms with van der Waals surface area (Å²) in [7, 11) is 0. The Labute approximate surface area is 144 Å². The molecule has 3 aromatic carbocycles. The molecular weight excluding hydrogens is 314 g/mol. The Kier molecular flexibility index (Phi) is 3.60. The van der Waals surface area contributed by atoms with Crippen LogP contribution in [0.1, 0.15) is 31.8 Å². The average molecular weight is 326 g/mol. The molecule has 0 atom stereocenters. The van der Waals surface area contributed by atoms with Crippen molar-refractivity contribution in [3.8, 4) is 12.0 Å². The van der Waals surface area contributed by atoms with Crippen molar-refractivity contribution in [2.75, 3.05) is 0 Å². The molecule has 0 aliphatic heterocycles. The number of ketones is 2. The minimum atomic E-state index is -0.217. The van der Waals surface area contributed by atoms with Crippen LogP contribution in [0.15, 0.2) is 72.8 Å². The molecule has 0 aromatic heterocycles. The van der Waals surface area contributed by atoms with E-state index >= 15 is 0 Å². The van der Waals surface area contributed by atoms with Crippen molar-refractivity contribution in [1.29, 1.82) is 0 Å². The fourth-order valence-corrected chi connectivity index (χ4v) is 2.83. The first-order valence-electron chi connectivity index (χ1n) is 7.75. The van der Waals surface area contributed by atoms with Gasteiger partial charge in [0.25, 0.3) is 0 Å². The number of hydrogen-bond acceptors (Lipinski definition) is 3. The van der Waals surface area contributed by atoms with E-state index in [-0.39, 0.29) is 17.1 Å². The Bertz CT molecular complexity index is 1060. The molecule has 25 heavy (non-hydrogen) atoms. The van der Waals surface area contributed by atoms with Gasteiger partial charge in [-0.2, -0.15) is 0 Å². The summed E-state index contributed by atoms with van der Waals surface area (Å²) in [6.07, 6.45) is 2.49. The predicted octanol–water partition coefficient (Wildman–Crippen LogP) is 4.46. The monoisotopic (exact) mass is 326 g/mol. The zero-order valence-electron chi connectivity index (χ0n) is 13.1. The lowest BCUT2D eigenvalue weighted by Gasteiger charge is -2.15. The zero-order valence-corrected chi connectivity index (χ0v) is 13.1. The molecular formula is C21H12NO3+. The summed E-state index contributed by atoms with van der Waals surface area (Å²) in [5.74, 6) is 0.195. The first-order chi connectivity index (χ1) is 12.3. The number of rotatable bonds is 1. The Morgan fingerprint density at radius 1 is 0.680 bits per heavy atom. The molecule has 4 nitrogen and oxygen atoms in total. The van der Waals surface area contributed by atoms with E-state index in [0.717, 1.165) is 0 Å². The van der Waals surface area contributed by atoms with Gasteiger partial charge in [0.2, 0.25) is 5.78 Å². The predicted molar refractivity (Wildman–Crippen MR) is 93.7 cm³/mol. The van der Waals surface area contributed by atoms with E-state index in [1.54, 1.807) is 54.6 Å². The maximum Gasteiger partial charge on any atom is 0.529 e. The van der Waals surface area contributed by atoms with Crippen molar-refractivity contribution in [1.82, 2.24) is 0 Å². The third-order valence-electron chi connectivity index (χ3n) is 4.00. The second kappa shape index (κ2) is 6.06. The van der Waals surface area contributed by atoms with Gasteiger partial charge >= 0.3 is 11.9 Å². The lowest BCUT2D eigenvalue weighted by molar-refractivity contribution is 0.0980. The Balaban J connectivity index is 1.76. The van der Waals surface area contributed by atoms with Crippen molar-refractivity contribution < 1.29 is 14.3 Å². The molecule has 0 saturated carbocycles. The van der Waals surface area contributed by atoms with E-state index in [2.05, 4.69) is 11.1 Å². The molecule has 118 valence electrons. The fraction of sp³-hybridized carbons (Fsp3) is 0. The molecule has 4 heteroatoms. The number of carbonyl (C=O) groups is 2. The quantitative estimate of drug-likeness (QED) is 0.485. The summed E-state index contributed by atoms with van der Waals surface area (Å²) in [6.45, 7) is 0. The number of ether oxygens (including phenoxy) is 1. The van der Waals surface area contributed by atoms with Crippen molar-refractivity contribution in [3.63, 3.8) is 0 Å². The maximum atomic E-state index is 12.8. The molecule has 0 radical (unpaired) electrons. The van der Waals surface area contributed by atoms with E-state index in [1.807, 2.05) is 18.2 Å². The van der Waals surface area contributed by atoms with Gasteiger partial charge in [0.15, 0.2) is 5.78 Å². The summed E-state index contributed by atoms with van der Waals surface area (Å²) in [5.41, 5.74) is 1.82. The molecule has 0 heterocycles. The van der Waals surface area contributed by atoms with E-state index < -0.39 is 0 Å². The Hall–Kier alpha value is -3.71. The highest BCUT2D eigenvalue weighted by molar-refractivity contribution is 6.30. The zero-order chi connectivity index (χ0) is 17.2. The Morgan fingerprint density at radius 3 is 2.08 bits per heavy atom. The number of para-hydroxylation sites is 1. The lowest BCUT2D eigenvalue weighted by atomic mass is 9.83. The highest BCUT2D eigenvalue weighted by atomic mass is 16.5. The summed E-state index contributed by atoms with van der Waals surface area (Å²) in [6, 6.07) is 20.9. The molecule has 0 bridgehead atoms. The Morgan fingerprint density at radius 2 is 1.32 bits per heavy atom. The summed E-state index contributed by atoms with van der Waals surface area (Å²) >= 11 is 0. The van der Waals surface area contributed by atoms with Crippen LogP contribution in [0.4, 0.5) is 5.69 Å². The second-order valence-corrected chi connectivity index (χ2v) is 5.52. The summed E-state index contributed by atoms with van der Waals surface area (Å²) < 4.78 is 5.32. The third-order valence-corrected chi connectivity index (χ3v) is 4.00. The first-order valence-corrected chi connectivity index (χ1v) is 7.75. The molecule has 3 aromatic rings. The summed E-state index contributed by atoms with van der Waals surface area (Å²) in [5, 5.41) is 0. The molecule has 0 N–H and O–H groups in total. The van der Waals surface area contributed by atoms with Crippen LogP contribution in [0.3, 0.4) is 0 Å². The van der Waals surface area contributed by atoms with Gasteiger partial charge in [-0.1, -0.05) is 48.5 Å². The van der Waals surface area contributed by atoms with Crippen LogP contribution < -0.4 is 4.74 Å². The van der Waals surface area contributed by atoms with Gasteiger partial charge in [-0.25, -0.2) is 0 Å². The van der Waals surface area contributed by atoms with E-state index in [4.69, 9.17) is 4.74 Å². The minimum Gasteiger partial charge on any atom is -0.353 e. The number of hydrogen-bond donors (Lipinski definition) is 0. The molecule has 0 fully saturated rings. The van der Waals surface area contributed by atoms with Crippen molar-refractivity contribution in [3.05, 3.63) is 99.9 Å². The largest absolute Gasteiger partial charge is 0.529 e. The van der Waals surface area contributed by atoms with Gasteiger partial charge < -0.3 is 4.74 Å². The molecule has 4 rings (SSSR count). The molecule has 0 spiro atoms. The smallest absolute Gasteiger partial charge is 0.353 e. The number of benzene rings is 3. The van der Waals surface area contributed by atoms with Crippen LogP contribution in [0.25, 0.3) is 4.85 Å². The van der Waals surface area contributed by atoms with Gasteiger partial charge in [0.1, 0.15) is 11.3 Å². The van der Waals surface area contributed by atoms with E-state index in [1.165, 1.54) is 0 Å². The van der Waals surface area contributed by atoms with E-state index in [9.17, 15) is 9.59 Å². The standard InChI is InChI=1S/C21H12NO3/c23-20-15-9-4-5-10-16(15)21(24)19-17(20)11-6-12-18(19)22-13-25-14-7-2-1-3-8-14/h1-12H/q+1. The van der Waals surface area contributed by atoms with Gasteiger partial charge in [-0.05, 0) is 18.2 Å². The van der Waals surface area contributed by atoms with Crippen LogP contribution in [0, 0.1) is 6.26 Å². The molecule has 0 unspecified atom stereocenters. The molecule has 0 saturated heterocycles. The second-order valence-electron chi connectivity index (χ2n) is 5.52. The maximum absolute atomic E-state index is 12.8. The first kappa shape index (κ1) is 14.9. The topological polar surface area (TPSA) is 47.7 Å². The third kappa shape index (κ3) is 2.58. The normalized spacial score (nSPS) is 11.8. The number of nitrogens with zero attached hydrogens (tertiary/aromatic N) is 1. The van der Waals surface area contributed by atoms with Gasteiger partial charge in [0.05, 0.1) is 0 Å². The van der Waals surface area contributed by atoms with Crippen LogP contribution in [0.2, 0.25) is 0 Å². The number of fused-ring (bicyclic) bond motifs is 2. The highest BCUT2D eigenvalue weighted by Crippen LogP contribution is 2.33. The van der Waals surface area contributed by atoms with Crippen LogP contribution in [-0.4, -0.2) is 11.6 Å². The van der Waals surface area contributed by atoms with Crippen molar-refractivity contribution >= 4 is 17.3 Å². The lowest BCUT2D eigenvalue weighted by Crippen LogP contribution is -2.20. The molecule has 1 aliphatic rings. The van der Waals surface area contributed by atoms with Gasteiger partial charge in [-0.3, -0.25) is 9.59 Å². The van der Waals surface area contributed by atoms with Crippen LogP contribution in [0.5, 0.6) is 5.75 Å². The average Bonchev–Trinajstić information content (AvgIpc) is 2.67. The molecule has 1 aliphatic carbocycles. The van der Waals surface area contributed by atoms with E-state index in [0.29, 0.717) is 28.1 Å². The number of carbonyl (C=O) groups excluding carboxylic acids is 2. The summed E-state index contributed by atoms with van der Waals surface area (Å²) in [4.78, 5) is 29.6.